The Morgan fingerprint density at radius 2 is 1.79 bits per heavy atom. The lowest BCUT2D eigenvalue weighted by atomic mass is 9.84. The van der Waals surface area contributed by atoms with Gasteiger partial charge < -0.3 is 9.47 Å². The molecule has 148 valence electrons. The highest BCUT2D eigenvalue weighted by molar-refractivity contribution is 7.89. The molecule has 0 aliphatic carbocycles. The molecule has 2 aromatic carbocycles. The van der Waals surface area contributed by atoms with Crippen LogP contribution in [0.4, 0.5) is 0 Å². The fraction of sp³-hybridized carbons (Fsp3) is 0.455. The minimum absolute atomic E-state index is 0.326. The van der Waals surface area contributed by atoms with E-state index in [1.807, 2.05) is 19.1 Å². The van der Waals surface area contributed by atoms with Crippen molar-refractivity contribution in [2.24, 2.45) is 0 Å². The van der Waals surface area contributed by atoms with Crippen LogP contribution < -0.4 is 9.47 Å². The summed E-state index contributed by atoms with van der Waals surface area (Å²) in [5.74, 6) is 2.38. The summed E-state index contributed by atoms with van der Waals surface area (Å²) in [4.78, 5) is 0.423. The van der Waals surface area contributed by atoms with E-state index in [2.05, 4.69) is 6.07 Å². The zero-order valence-corrected chi connectivity index (χ0v) is 16.9. The maximum absolute atomic E-state index is 13.1. The number of ether oxygens (including phenoxy) is 2. The van der Waals surface area contributed by atoms with Crippen molar-refractivity contribution < 1.29 is 17.9 Å². The highest BCUT2D eigenvalue weighted by atomic mass is 32.2. The largest absolute Gasteiger partial charge is 0.493 e. The number of aryl methyl sites for hydroxylation is 1. The molecule has 0 radical (unpaired) electrons. The molecule has 1 saturated heterocycles. The normalized spacial score (nSPS) is 19.8. The van der Waals surface area contributed by atoms with Gasteiger partial charge in [0.25, 0.3) is 0 Å². The van der Waals surface area contributed by atoms with Crippen LogP contribution in [0.15, 0.2) is 35.2 Å². The van der Waals surface area contributed by atoms with Gasteiger partial charge in [0, 0.05) is 42.6 Å². The van der Waals surface area contributed by atoms with E-state index in [1.165, 1.54) is 16.7 Å². The minimum atomic E-state index is -3.44. The number of benzene rings is 2. The number of nitrogens with zero attached hydrogens (tertiary/aromatic N) is 1. The molecule has 0 spiro atoms. The summed E-state index contributed by atoms with van der Waals surface area (Å²) >= 11 is 0. The topological polar surface area (TPSA) is 55.8 Å². The van der Waals surface area contributed by atoms with Crippen LogP contribution in [0.25, 0.3) is 0 Å². The first-order valence-corrected chi connectivity index (χ1v) is 11.5. The standard InChI is InChI=1S/C22H25NO4S/c1-15-4-2-3-5-20(15)28(24,25)23-10-6-16(7-11-23)21-18-9-13-26-19(18)14-17-8-12-27-22(17)21/h2-5,14,16H,6-13H2,1H3. The molecule has 2 aromatic rings. The van der Waals surface area contributed by atoms with Crippen LogP contribution in [0.2, 0.25) is 0 Å². The zero-order chi connectivity index (χ0) is 19.3. The summed E-state index contributed by atoms with van der Waals surface area (Å²) < 4.78 is 39.7. The molecule has 0 amide bonds. The van der Waals surface area contributed by atoms with E-state index in [9.17, 15) is 8.42 Å². The summed E-state index contributed by atoms with van der Waals surface area (Å²) in [6.07, 6.45) is 3.48. The molecule has 0 bridgehead atoms. The molecule has 3 aliphatic heterocycles. The maximum Gasteiger partial charge on any atom is 0.243 e. The summed E-state index contributed by atoms with van der Waals surface area (Å²) in [5.41, 5.74) is 4.61. The molecule has 0 aromatic heterocycles. The van der Waals surface area contributed by atoms with Crippen LogP contribution >= 0.6 is 0 Å². The van der Waals surface area contributed by atoms with Gasteiger partial charge in [0.2, 0.25) is 10.0 Å². The Bertz CT molecular complexity index is 991. The molecule has 0 atom stereocenters. The molecular weight excluding hydrogens is 374 g/mol. The van der Waals surface area contributed by atoms with E-state index in [4.69, 9.17) is 9.47 Å². The second kappa shape index (κ2) is 6.78. The number of fused-ring (bicyclic) bond motifs is 2. The predicted molar refractivity (Wildman–Crippen MR) is 107 cm³/mol. The van der Waals surface area contributed by atoms with Crippen LogP contribution in [0.3, 0.4) is 0 Å². The highest BCUT2D eigenvalue weighted by Gasteiger charge is 2.35. The van der Waals surface area contributed by atoms with Gasteiger partial charge in [-0.25, -0.2) is 8.42 Å². The smallest absolute Gasteiger partial charge is 0.243 e. The highest BCUT2D eigenvalue weighted by Crippen LogP contribution is 2.47. The first-order valence-electron chi connectivity index (χ1n) is 10.1. The van der Waals surface area contributed by atoms with Crippen molar-refractivity contribution in [3.63, 3.8) is 0 Å². The summed E-state index contributed by atoms with van der Waals surface area (Å²) in [5, 5.41) is 0. The van der Waals surface area contributed by atoms with Crippen LogP contribution in [-0.4, -0.2) is 39.0 Å². The molecule has 0 saturated carbocycles. The molecule has 1 fully saturated rings. The Morgan fingerprint density at radius 1 is 1.04 bits per heavy atom. The van der Waals surface area contributed by atoms with Gasteiger partial charge in [-0.05, 0) is 43.4 Å². The fourth-order valence-electron chi connectivity index (χ4n) is 4.82. The van der Waals surface area contributed by atoms with Gasteiger partial charge in [-0.1, -0.05) is 18.2 Å². The summed E-state index contributed by atoms with van der Waals surface area (Å²) in [6.45, 7) is 4.40. The molecular formula is C22H25NO4S. The molecule has 3 aliphatic rings. The molecule has 5 nitrogen and oxygen atoms in total. The first-order chi connectivity index (χ1) is 13.6. The molecule has 6 heteroatoms. The number of piperidine rings is 1. The van der Waals surface area contributed by atoms with Crippen molar-refractivity contribution >= 4 is 10.0 Å². The van der Waals surface area contributed by atoms with Gasteiger partial charge in [0.1, 0.15) is 11.5 Å². The lowest BCUT2D eigenvalue weighted by Gasteiger charge is -2.33. The van der Waals surface area contributed by atoms with Crippen LogP contribution in [0.1, 0.15) is 41.0 Å². The summed E-state index contributed by atoms with van der Waals surface area (Å²) in [7, 11) is -3.44. The Kier molecular flexibility index (Phi) is 4.36. The van der Waals surface area contributed by atoms with Crippen molar-refractivity contribution in [2.75, 3.05) is 26.3 Å². The Labute approximate surface area is 166 Å². The van der Waals surface area contributed by atoms with Gasteiger partial charge in [-0.15, -0.1) is 0 Å². The Morgan fingerprint density at radius 3 is 2.57 bits per heavy atom. The van der Waals surface area contributed by atoms with Crippen molar-refractivity contribution in [1.29, 1.82) is 0 Å². The second-order valence-corrected chi connectivity index (χ2v) is 9.80. The van der Waals surface area contributed by atoms with Gasteiger partial charge in [-0.2, -0.15) is 4.31 Å². The number of hydrogen-bond donors (Lipinski definition) is 0. The van der Waals surface area contributed by atoms with Gasteiger partial charge in [-0.3, -0.25) is 0 Å². The zero-order valence-electron chi connectivity index (χ0n) is 16.1. The second-order valence-electron chi connectivity index (χ2n) is 7.90. The third kappa shape index (κ3) is 2.81. The average Bonchev–Trinajstić information content (AvgIpc) is 3.35. The van der Waals surface area contributed by atoms with Crippen molar-refractivity contribution in [1.82, 2.24) is 4.31 Å². The average molecular weight is 400 g/mol. The number of sulfonamides is 1. The molecule has 5 rings (SSSR count). The first kappa shape index (κ1) is 18.0. The predicted octanol–water partition coefficient (Wildman–Crippen LogP) is 3.43. The van der Waals surface area contributed by atoms with E-state index in [1.54, 1.807) is 16.4 Å². The van der Waals surface area contributed by atoms with Gasteiger partial charge >= 0.3 is 0 Å². The molecule has 0 unspecified atom stereocenters. The van der Waals surface area contributed by atoms with E-state index in [0.717, 1.165) is 56.0 Å². The lowest BCUT2D eigenvalue weighted by Crippen LogP contribution is -2.38. The lowest BCUT2D eigenvalue weighted by molar-refractivity contribution is 0.307. The SMILES string of the molecule is Cc1ccccc1S(=O)(=O)N1CCC(c2c3c(cc4c2OCC4)OCC3)CC1. The van der Waals surface area contributed by atoms with E-state index >= 15 is 0 Å². The fourth-order valence-corrected chi connectivity index (χ4v) is 6.52. The monoisotopic (exact) mass is 399 g/mol. The van der Waals surface area contributed by atoms with Crippen molar-refractivity contribution in [3.8, 4) is 11.5 Å². The van der Waals surface area contributed by atoms with Crippen LogP contribution in [0, 0.1) is 6.92 Å². The molecule has 0 N–H and O–H groups in total. The summed E-state index contributed by atoms with van der Waals surface area (Å²) in [6, 6.07) is 9.37. The van der Waals surface area contributed by atoms with Crippen molar-refractivity contribution in [3.05, 3.63) is 52.6 Å². The maximum atomic E-state index is 13.1. The van der Waals surface area contributed by atoms with Gasteiger partial charge in [0.15, 0.2) is 0 Å². The number of rotatable bonds is 3. The minimum Gasteiger partial charge on any atom is -0.493 e. The number of hydrogen-bond acceptors (Lipinski definition) is 4. The van der Waals surface area contributed by atoms with Gasteiger partial charge in [0.05, 0.1) is 18.1 Å². The van der Waals surface area contributed by atoms with E-state index in [0.29, 0.717) is 23.9 Å². The Balaban J connectivity index is 1.41. The quantitative estimate of drug-likeness (QED) is 0.793. The Hall–Kier alpha value is -2.05. The third-order valence-corrected chi connectivity index (χ3v) is 8.32. The van der Waals surface area contributed by atoms with Crippen LogP contribution in [-0.2, 0) is 22.9 Å². The molecule has 3 heterocycles. The van der Waals surface area contributed by atoms with Crippen LogP contribution in [0.5, 0.6) is 11.5 Å². The van der Waals surface area contributed by atoms with E-state index in [-0.39, 0.29) is 0 Å². The van der Waals surface area contributed by atoms with Crippen molar-refractivity contribution in [2.45, 2.75) is 43.4 Å². The van der Waals surface area contributed by atoms with E-state index < -0.39 is 10.0 Å². The third-order valence-electron chi connectivity index (χ3n) is 6.27. The molecule has 28 heavy (non-hydrogen) atoms.